The van der Waals surface area contributed by atoms with Gasteiger partial charge < -0.3 is 14.0 Å². The van der Waals surface area contributed by atoms with Crippen LogP contribution in [0.15, 0.2) is 70.1 Å². The highest BCUT2D eigenvalue weighted by molar-refractivity contribution is 5.83. The van der Waals surface area contributed by atoms with Gasteiger partial charge in [0.25, 0.3) is 11.4 Å². The van der Waals surface area contributed by atoms with E-state index in [9.17, 15) is 4.79 Å². The second kappa shape index (κ2) is 5.90. The zero-order valence-corrected chi connectivity index (χ0v) is 14.9. The molecule has 0 unspecified atom stereocenters. The Morgan fingerprint density at radius 1 is 0.931 bits per heavy atom. The molecule has 2 aromatic carbocycles. The van der Waals surface area contributed by atoms with Gasteiger partial charge in [-0.25, -0.2) is 4.98 Å². The molecule has 0 atom stereocenters. The molecule has 0 saturated carbocycles. The highest BCUT2D eigenvalue weighted by Crippen LogP contribution is 2.35. The van der Waals surface area contributed by atoms with E-state index in [1.54, 1.807) is 42.6 Å². The summed E-state index contributed by atoms with van der Waals surface area (Å²) < 4.78 is 17.7. The number of hydrogen-bond donors (Lipinski definition) is 0. The predicted octanol–water partition coefficient (Wildman–Crippen LogP) is 3.29. The Bertz CT molecular complexity index is 1470. The third-order valence-corrected chi connectivity index (χ3v) is 4.83. The van der Waals surface area contributed by atoms with E-state index in [0.29, 0.717) is 39.4 Å². The number of fused-ring (bicyclic) bond motifs is 3. The van der Waals surface area contributed by atoms with Crippen LogP contribution in [-0.2, 0) is 0 Å². The molecule has 0 bridgehead atoms. The first kappa shape index (κ1) is 15.8. The van der Waals surface area contributed by atoms with Gasteiger partial charge in [0, 0.05) is 11.8 Å². The normalized spacial score (nSPS) is 12.7. The monoisotopic (exact) mass is 384 g/mol. The first-order chi connectivity index (χ1) is 14.3. The molecule has 0 fully saturated rings. The maximum absolute atomic E-state index is 12.8. The largest absolute Gasteiger partial charge is 0.454 e. The molecule has 1 aliphatic heterocycles. The molecule has 1 aliphatic rings. The lowest BCUT2D eigenvalue weighted by Crippen LogP contribution is -2.15. The maximum atomic E-state index is 12.8. The standard InChI is InChI=1S/C21H12N4O4/c26-21-13-4-1-2-6-15(13)22-19-14(5-3-9-25(19)21)20-23-18(24-29-20)12-7-8-16-17(10-12)28-11-27-16/h1-10H,11H2. The second-order valence-electron chi connectivity index (χ2n) is 6.54. The molecule has 8 nitrogen and oxygen atoms in total. The average Bonchev–Trinajstić information content (AvgIpc) is 3.43. The summed E-state index contributed by atoms with van der Waals surface area (Å²) in [6.07, 6.45) is 1.68. The van der Waals surface area contributed by atoms with Gasteiger partial charge in [-0.3, -0.25) is 9.20 Å². The summed E-state index contributed by atoms with van der Waals surface area (Å²) in [6, 6.07) is 16.2. The number of pyridine rings is 1. The van der Waals surface area contributed by atoms with Gasteiger partial charge in [0.1, 0.15) is 0 Å². The fourth-order valence-electron chi connectivity index (χ4n) is 3.43. The SMILES string of the molecule is O=c1c2ccccc2nc2c(-c3nc(-c4ccc5c(c4)OCO5)no3)cccn12. The molecule has 4 heterocycles. The number of nitrogens with zero attached hydrogens (tertiary/aromatic N) is 4. The zero-order valence-electron chi connectivity index (χ0n) is 14.9. The molecular weight excluding hydrogens is 372 g/mol. The van der Waals surface area contributed by atoms with E-state index in [1.165, 1.54) is 4.40 Å². The number of benzene rings is 2. The van der Waals surface area contributed by atoms with Gasteiger partial charge in [-0.15, -0.1) is 0 Å². The lowest BCUT2D eigenvalue weighted by molar-refractivity contribution is 0.174. The van der Waals surface area contributed by atoms with Crippen molar-refractivity contribution in [3.8, 4) is 34.3 Å². The molecule has 0 saturated heterocycles. The molecule has 0 N–H and O–H groups in total. The minimum absolute atomic E-state index is 0.150. The van der Waals surface area contributed by atoms with Crippen molar-refractivity contribution in [1.29, 1.82) is 0 Å². The Morgan fingerprint density at radius 2 is 1.83 bits per heavy atom. The van der Waals surface area contributed by atoms with Crippen LogP contribution in [0, 0.1) is 0 Å². The van der Waals surface area contributed by atoms with E-state index in [1.807, 2.05) is 18.2 Å². The molecule has 29 heavy (non-hydrogen) atoms. The summed E-state index contributed by atoms with van der Waals surface area (Å²) in [5.41, 5.74) is 2.23. The Hall–Kier alpha value is -4.20. The van der Waals surface area contributed by atoms with Crippen molar-refractivity contribution in [2.24, 2.45) is 0 Å². The number of para-hydroxylation sites is 1. The molecule has 0 spiro atoms. The molecule has 0 radical (unpaired) electrons. The van der Waals surface area contributed by atoms with Crippen LogP contribution in [0.25, 0.3) is 39.4 Å². The van der Waals surface area contributed by atoms with Crippen molar-refractivity contribution in [2.75, 3.05) is 6.79 Å². The van der Waals surface area contributed by atoms with Crippen LogP contribution in [0.5, 0.6) is 11.5 Å². The Morgan fingerprint density at radius 3 is 2.79 bits per heavy atom. The van der Waals surface area contributed by atoms with Crippen LogP contribution in [0.3, 0.4) is 0 Å². The topological polar surface area (TPSA) is 91.8 Å². The Balaban J connectivity index is 1.52. The van der Waals surface area contributed by atoms with E-state index in [2.05, 4.69) is 15.1 Å². The molecule has 3 aromatic heterocycles. The zero-order chi connectivity index (χ0) is 19.4. The van der Waals surface area contributed by atoms with Crippen molar-refractivity contribution in [2.45, 2.75) is 0 Å². The second-order valence-corrected chi connectivity index (χ2v) is 6.54. The summed E-state index contributed by atoms with van der Waals surface area (Å²) in [5.74, 6) is 2.00. The van der Waals surface area contributed by atoms with Gasteiger partial charge in [-0.05, 0) is 42.5 Å². The maximum Gasteiger partial charge on any atom is 0.265 e. The van der Waals surface area contributed by atoms with Gasteiger partial charge in [0.05, 0.1) is 16.5 Å². The van der Waals surface area contributed by atoms with E-state index >= 15 is 0 Å². The van der Waals surface area contributed by atoms with Crippen molar-refractivity contribution in [3.05, 3.63) is 71.1 Å². The van der Waals surface area contributed by atoms with E-state index in [-0.39, 0.29) is 18.2 Å². The number of hydrogen-bond acceptors (Lipinski definition) is 7. The van der Waals surface area contributed by atoms with Crippen LogP contribution in [0.4, 0.5) is 0 Å². The Labute approximate surface area is 163 Å². The quantitative estimate of drug-likeness (QED) is 0.431. The van der Waals surface area contributed by atoms with Crippen LogP contribution in [-0.4, -0.2) is 26.3 Å². The van der Waals surface area contributed by atoms with Crippen LogP contribution in [0.1, 0.15) is 0 Å². The van der Waals surface area contributed by atoms with Gasteiger partial charge in [0.15, 0.2) is 17.1 Å². The lowest BCUT2D eigenvalue weighted by Gasteiger charge is -2.05. The van der Waals surface area contributed by atoms with Crippen molar-refractivity contribution in [3.63, 3.8) is 0 Å². The third kappa shape index (κ3) is 2.39. The molecule has 8 heteroatoms. The van der Waals surface area contributed by atoms with Gasteiger partial charge in [-0.1, -0.05) is 17.3 Å². The van der Waals surface area contributed by atoms with Crippen molar-refractivity contribution in [1.82, 2.24) is 19.5 Å². The predicted molar refractivity (Wildman–Crippen MR) is 104 cm³/mol. The highest BCUT2D eigenvalue weighted by atomic mass is 16.7. The summed E-state index contributed by atoms with van der Waals surface area (Å²) in [4.78, 5) is 22.0. The molecule has 6 rings (SSSR count). The van der Waals surface area contributed by atoms with Gasteiger partial charge in [0.2, 0.25) is 12.6 Å². The van der Waals surface area contributed by atoms with Crippen LogP contribution >= 0.6 is 0 Å². The van der Waals surface area contributed by atoms with Crippen LogP contribution in [0.2, 0.25) is 0 Å². The summed E-state index contributed by atoms with van der Waals surface area (Å²) >= 11 is 0. The smallest absolute Gasteiger partial charge is 0.265 e. The fraction of sp³-hybridized carbons (Fsp3) is 0.0476. The first-order valence-corrected chi connectivity index (χ1v) is 8.92. The number of ether oxygens (including phenoxy) is 2. The summed E-state index contributed by atoms with van der Waals surface area (Å²) in [7, 11) is 0. The van der Waals surface area contributed by atoms with Crippen molar-refractivity contribution >= 4 is 16.6 Å². The molecule has 140 valence electrons. The Kier molecular flexibility index (Phi) is 3.22. The van der Waals surface area contributed by atoms with Crippen molar-refractivity contribution < 1.29 is 14.0 Å². The van der Waals surface area contributed by atoms with Gasteiger partial charge >= 0.3 is 0 Å². The average molecular weight is 384 g/mol. The van der Waals surface area contributed by atoms with Gasteiger partial charge in [-0.2, -0.15) is 4.98 Å². The molecule has 0 aliphatic carbocycles. The van der Waals surface area contributed by atoms with E-state index in [0.717, 1.165) is 5.56 Å². The molecule has 0 amide bonds. The van der Waals surface area contributed by atoms with Crippen LogP contribution < -0.4 is 15.0 Å². The highest BCUT2D eigenvalue weighted by Gasteiger charge is 2.19. The first-order valence-electron chi connectivity index (χ1n) is 8.92. The van der Waals surface area contributed by atoms with E-state index in [4.69, 9.17) is 14.0 Å². The molecule has 5 aromatic rings. The summed E-state index contributed by atoms with van der Waals surface area (Å²) in [6.45, 7) is 0.195. The van der Waals surface area contributed by atoms with E-state index < -0.39 is 0 Å². The minimum atomic E-state index is -0.150. The molecular formula is C21H12N4O4. The number of aromatic nitrogens is 4. The lowest BCUT2D eigenvalue weighted by atomic mass is 10.2. The third-order valence-electron chi connectivity index (χ3n) is 4.83. The number of rotatable bonds is 2. The summed E-state index contributed by atoms with van der Waals surface area (Å²) in [5, 5.41) is 4.63. The minimum Gasteiger partial charge on any atom is -0.454 e. The fourth-order valence-corrected chi connectivity index (χ4v) is 3.43.